The van der Waals surface area contributed by atoms with Crippen LogP contribution in [0.1, 0.15) is 6.42 Å². The molecule has 8 nitrogen and oxygen atoms in total. The zero-order valence-corrected chi connectivity index (χ0v) is 20.0. The van der Waals surface area contributed by atoms with Gasteiger partial charge in [0.25, 0.3) is 0 Å². The molecular formula is C26H30N6O2. The number of nitrogens with zero attached hydrogens (tertiary/aromatic N) is 5. The summed E-state index contributed by atoms with van der Waals surface area (Å²) >= 11 is 0. The molecule has 1 aliphatic heterocycles. The summed E-state index contributed by atoms with van der Waals surface area (Å²) < 4.78 is 13.1. The highest BCUT2D eigenvalue weighted by molar-refractivity contribution is 5.73. The molecule has 3 heterocycles. The van der Waals surface area contributed by atoms with Crippen LogP contribution in [0.25, 0.3) is 16.8 Å². The Morgan fingerprint density at radius 1 is 1.00 bits per heavy atom. The first-order valence-electron chi connectivity index (χ1n) is 11.4. The van der Waals surface area contributed by atoms with E-state index in [2.05, 4.69) is 46.3 Å². The molecule has 176 valence electrons. The van der Waals surface area contributed by atoms with Crippen molar-refractivity contribution in [3.63, 3.8) is 0 Å². The molecule has 0 amide bonds. The Kier molecular flexibility index (Phi) is 5.98. The maximum Gasteiger partial charge on any atom is 0.245 e. The summed E-state index contributed by atoms with van der Waals surface area (Å²) in [5.41, 5.74) is 4.79. The average molecular weight is 459 g/mol. The lowest BCUT2D eigenvalue weighted by atomic mass is 10.1. The Morgan fingerprint density at radius 3 is 2.59 bits per heavy atom. The van der Waals surface area contributed by atoms with Gasteiger partial charge in [0, 0.05) is 36.4 Å². The van der Waals surface area contributed by atoms with Gasteiger partial charge in [-0.2, -0.15) is 0 Å². The van der Waals surface area contributed by atoms with E-state index < -0.39 is 0 Å². The SMILES string of the molecule is COc1cc(N2CCC(N(C)C)C2)ccc1Nc1ncc2ccc(-c3ccccc3OC)n2n1. The molecular weight excluding hydrogens is 428 g/mol. The summed E-state index contributed by atoms with van der Waals surface area (Å²) in [5.74, 6) is 2.04. The van der Waals surface area contributed by atoms with E-state index in [1.165, 1.54) is 0 Å². The van der Waals surface area contributed by atoms with Crippen molar-refractivity contribution in [2.75, 3.05) is 51.6 Å². The van der Waals surface area contributed by atoms with E-state index in [1.807, 2.05) is 47.0 Å². The summed E-state index contributed by atoms with van der Waals surface area (Å²) in [4.78, 5) is 9.21. The van der Waals surface area contributed by atoms with Gasteiger partial charge >= 0.3 is 0 Å². The molecule has 1 unspecified atom stereocenters. The van der Waals surface area contributed by atoms with Crippen molar-refractivity contribution in [2.45, 2.75) is 12.5 Å². The third-order valence-corrected chi connectivity index (χ3v) is 6.47. The fourth-order valence-corrected chi connectivity index (χ4v) is 4.52. The van der Waals surface area contributed by atoms with Gasteiger partial charge in [-0.05, 0) is 56.9 Å². The van der Waals surface area contributed by atoms with Gasteiger partial charge in [-0.3, -0.25) is 0 Å². The van der Waals surface area contributed by atoms with Gasteiger partial charge in [-0.25, -0.2) is 9.50 Å². The minimum Gasteiger partial charge on any atom is -0.496 e. The molecule has 1 saturated heterocycles. The molecule has 0 spiro atoms. The fraction of sp³-hybridized carbons (Fsp3) is 0.308. The molecule has 1 atom stereocenters. The Hall–Kier alpha value is -3.78. The van der Waals surface area contributed by atoms with Crippen molar-refractivity contribution in [3.05, 3.63) is 60.8 Å². The summed E-state index contributed by atoms with van der Waals surface area (Å²) in [6.07, 6.45) is 2.97. The fourth-order valence-electron chi connectivity index (χ4n) is 4.52. The number of nitrogens with one attached hydrogen (secondary N) is 1. The summed E-state index contributed by atoms with van der Waals surface area (Å²) in [6, 6.07) is 18.7. The Bertz CT molecular complexity index is 1300. The van der Waals surface area contributed by atoms with E-state index >= 15 is 0 Å². The largest absolute Gasteiger partial charge is 0.496 e. The number of hydrogen-bond acceptors (Lipinski definition) is 7. The van der Waals surface area contributed by atoms with Gasteiger partial charge in [0.2, 0.25) is 5.95 Å². The van der Waals surface area contributed by atoms with Crippen molar-refractivity contribution in [3.8, 4) is 22.8 Å². The quantitative estimate of drug-likeness (QED) is 0.443. The van der Waals surface area contributed by atoms with Crippen molar-refractivity contribution in [2.24, 2.45) is 0 Å². The van der Waals surface area contributed by atoms with E-state index in [0.717, 1.165) is 59.2 Å². The number of rotatable bonds is 7. The molecule has 4 aromatic rings. The molecule has 2 aromatic heterocycles. The predicted molar refractivity (Wildman–Crippen MR) is 136 cm³/mol. The smallest absolute Gasteiger partial charge is 0.245 e. The molecule has 2 aromatic carbocycles. The minimum atomic E-state index is 0.486. The van der Waals surface area contributed by atoms with Crippen LogP contribution in [0.2, 0.25) is 0 Å². The molecule has 0 saturated carbocycles. The second-order valence-corrected chi connectivity index (χ2v) is 8.70. The second-order valence-electron chi connectivity index (χ2n) is 8.70. The zero-order chi connectivity index (χ0) is 23.7. The molecule has 1 fully saturated rings. The predicted octanol–water partition coefficient (Wildman–Crippen LogP) is 4.30. The van der Waals surface area contributed by atoms with Crippen LogP contribution in [0.15, 0.2) is 60.8 Å². The van der Waals surface area contributed by atoms with Crippen LogP contribution in [0, 0.1) is 0 Å². The Labute approximate surface area is 199 Å². The summed E-state index contributed by atoms with van der Waals surface area (Å²) in [7, 11) is 7.65. The number of aromatic nitrogens is 3. The first kappa shape index (κ1) is 22.0. The molecule has 0 aliphatic carbocycles. The topological polar surface area (TPSA) is 67.2 Å². The van der Waals surface area contributed by atoms with E-state index in [0.29, 0.717) is 12.0 Å². The molecule has 0 radical (unpaired) electrons. The van der Waals surface area contributed by atoms with Gasteiger partial charge < -0.3 is 24.6 Å². The van der Waals surface area contributed by atoms with Gasteiger partial charge in [0.1, 0.15) is 11.5 Å². The highest BCUT2D eigenvalue weighted by atomic mass is 16.5. The third-order valence-electron chi connectivity index (χ3n) is 6.47. The van der Waals surface area contributed by atoms with E-state index in [1.54, 1.807) is 20.4 Å². The van der Waals surface area contributed by atoms with Gasteiger partial charge in [-0.15, -0.1) is 5.10 Å². The van der Waals surface area contributed by atoms with Crippen LogP contribution in [-0.4, -0.2) is 66.9 Å². The van der Waals surface area contributed by atoms with Crippen molar-refractivity contribution in [1.29, 1.82) is 0 Å². The number of hydrogen-bond donors (Lipinski definition) is 1. The lowest BCUT2D eigenvalue weighted by Gasteiger charge is -2.23. The van der Waals surface area contributed by atoms with Gasteiger partial charge in [0.05, 0.1) is 37.3 Å². The molecule has 5 rings (SSSR count). The monoisotopic (exact) mass is 458 g/mol. The van der Waals surface area contributed by atoms with E-state index in [-0.39, 0.29) is 0 Å². The van der Waals surface area contributed by atoms with Gasteiger partial charge in [-0.1, -0.05) is 12.1 Å². The van der Waals surface area contributed by atoms with Crippen LogP contribution in [0.4, 0.5) is 17.3 Å². The Morgan fingerprint density at radius 2 is 1.82 bits per heavy atom. The molecule has 1 aliphatic rings. The lowest BCUT2D eigenvalue weighted by molar-refractivity contribution is 0.315. The summed E-state index contributed by atoms with van der Waals surface area (Å²) in [6.45, 7) is 2.06. The average Bonchev–Trinajstić information content (AvgIpc) is 3.52. The number of fused-ring (bicyclic) bond motifs is 1. The zero-order valence-electron chi connectivity index (χ0n) is 20.0. The normalized spacial score (nSPS) is 15.8. The minimum absolute atomic E-state index is 0.486. The second kappa shape index (κ2) is 9.23. The molecule has 0 bridgehead atoms. The first-order chi connectivity index (χ1) is 16.6. The van der Waals surface area contributed by atoms with Crippen molar-refractivity contribution >= 4 is 22.8 Å². The third kappa shape index (κ3) is 4.12. The number of anilines is 3. The lowest BCUT2D eigenvalue weighted by Crippen LogP contribution is -2.31. The van der Waals surface area contributed by atoms with E-state index in [4.69, 9.17) is 14.6 Å². The van der Waals surface area contributed by atoms with E-state index in [9.17, 15) is 0 Å². The van der Waals surface area contributed by atoms with Gasteiger partial charge in [0.15, 0.2) is 0 Å². The van der Waals surface area contributed by atoms with Crippen LogP contribution < -0.4 is 19.7 Å². The number of ether oxygens (including phenoxy) is 2. The number of methoxy groups -OCH3 is 2. The maximum absolute atomic E-state index is 5.71. The Balaban J connectivity index is 1.43. The van der Waals surface area contributed by atoms with Crippen molar-refractivity contribution in [1.82, 2.24) is 19.5 Å². The van der Waals surface area contributed by atoms with Crippen LogP contribution in [0.5, 0.6) is 11.5 Å². The van der Waals surface area contributed by atoms with Crippen LogP contribution >= 0.6 is 0 Å². The number of para-hydroxylation sites is 1. The highest BCUT2D eigenvalue weighted by Gasteiger charge is 2.24. The molecule has 1 N–H and O–H groups in total. The van der Waals surface area contributed by atoms with Crippen molar-refractivity contribution < 1.29 is 9.47 Å². The first-order valence-corrected chi connectivity index (χ1v) is 11.4. The number of benzene rings is 2. The number of likely N-dealkylation sites (N-methyl/N-ethyl adjacent to an activating group) is 1. The molecule has 8 heteroatoms. The standard InChI is InChI=1S/C26H30N6O2/c1-30(2)20-13-14-31(17-20)18-9-11-22(25(15-18)34-4)28-26-27-16-19-10-12-23(32(19)29-26)21-7-5-6-8-24(21)33-3/h5-12,15-16,20H,13-14,17H2,1-4H3,(H,28,29). The highest BCUT2D eigenvalue weighted by Crippen LogP contribution is 2.34. The molecule has 34 heavy (non-hydrogen) atoms. The van der Waals surface area contributed by atoms with Crippen LogP contribution in [0.3, 0.4) is 0 Å². The summed E-state index contributed by atoms with van der Waals surface area (Å²) in [5, 5.41) is 8.09. The maximum atomic E-state index is 5.71. The van der Waals surface area contributed by atoms with Crippen LogP contribution in [-0.2, 0) is 0 Å².